The van der Waals surface area contributed by atoms with Crippen molar-refractivity contribution >= 4 is 21.7 Å². The van der Waals surface area contributed by atoms with Gasteiger partial charge in [0.05, 0.1) is 15.7 Å². The maximum atomic E-state index is 14.7. The van der Waals surface area contributed by atoms with Crippen LogP contribution in [0.2, 0.25) is 0 Å². The van der Waals surface area contributed by atoms with Gasteiger partial charge in [-0.25, -0.2) is 17.2 Å². The van der Waals surface area contributed by atoms with Crippen LogP contribution in [0.1, 0.15) is 49.7 Å². The highest BCUT2D eigenvalue weighted by Crippen LogP contribution is 2.63. The fourth-order valence-electron chi connectivity index (χ4n) is 7.02. The molecule has 2 aromatic carbocycles. The van der Waals surface area contributed by atoms with Crippen LogP contribution in [0.4, 0.5) is 35.1 Å². The number of alkyl halides is 7. The summed E-state index contributed by atoms with van der Waals surface area (Å²) in [5.74, 6) is -2.29. The summed E-state index contributed by atoms with van der Waals surface area (Å²) in [4.78, 5) is 26.5. The van der Waals surface area contributed by atoms with Gasteiger partial charge in [0.15, 0.2) is 9.84 Å². The Bertz CT molecular complexity index is 1530. The van der Waals surface area contributed by atoms with Crippen LogP contribution in [0.5, 0.6) is 0 Å². The molecule has 0 unspecified atom stereocenters. The monoisotopic (exact) mass is 639 g/mol. The van der Waals surface area contributed by atoms with E-state index in [2.05, 4.69) is 0 Å². The zero-order valence-electron chi connectivity index (χ0n) is 22.2. The van der Waals surface area contributed by atoms with Gasteiger partial charge in [-0.3, -0.25) is 9.59 Å². The summed E-state index contributed by atoms with van der Waals surface area (Å²) in [6.07, 6.45) is -12.0. The lowest BCUT2D eigenvalue weighted by Gasteiger charge is -2.34. The molecule has 0 spiro atoms. The maximum Gasteiger partial charge on any atom is 0.435 e. The number of rotatable bonds is 6. The van der Waals surface area contributed by atoms with Crippen molar-refractivity contribution in [2.24, 2.45) is 10.8 Å². The van der Waals surface area contributed by atoms with Crippen LogP contribution in [0.25, 0.3) is 0 Å². The molecular weight excluding hydrogens is 614 g/mol. The highest BCUT2D eigenvalue weighted by molar-refractivity contribution is 7.92. The minimum absolute atomic E-state index is 0.0601. The first-order valence-corrected chi connectivity index (χ1v) is 14.7. The van der Waals surface area contributed by atoms with Crippen molar-refractivity contribution in [2.45, 2.75) is 66.2 Å². The minimum Gasteiger partial charge on any atom is -0.481 e. The number of fused-ring (bicyclic) bond motifs is 2. The molecule has 2 bridgehead atoms. The maximum absolute atomic E-state index is 14.7. The second kappa shape index (κ2) is 9.63. The summed E-state index contributed by atoms with van der Waals surface area (Å²) in [5.41, 5.74) is -9.96. The molecule has 1 heterocycles. The number of amides is 1. The normalized spacial score (nSPS) is 28.0. The Morgan fingerprint density at radius 3 is 1.74 bits per heavy atom. The van der Waals surface area contributed by atoms with Gasteiger partial charge in [-0.05, 0) is 68.4 Å². The number of sulfone groups is 1. The molecule has 1 amide bonds. The highest BCUT2D eigenvalue weighted by Gasteiger charge is 2.73. The average Bonchev–Trinajstić information content (AvgIpc) is 3.66. The molecule has 2 saturated carbocycles. The molecule has 15 heteroatoms. The predicted molar refractivity (Wildman–Crippen MR) is 133 cm³/mol. The quantitative estimate of drug-likeness (QED) is 0.307. The number of carboxylic acid groups (broad SMARTS) is 1. The number of aliphatic carboxylic acids is 1. The van der Waals surface area contributed by atoms with Gasteiger partial charge >= 0.3 is 24.0 Å². The fraction of sp³-hybridized carbons (Fsp3) is 0.500. The molecule has 3 fully saturated rings. The van der Waals surface area contributed by atoms with Crippen molar-refractivity contribution < 1.29 is 58.2 Å². The molecule has 6 nitrogen and oxygen atoms in total. The molecule has 1 saturated heterocycles. The van der Waals surface area contributed by atoms with E-state index in [0.29, 0.717) is 12.1 Å². The van der Waals surface area contributed by atoms with E-state index in [1.165, 1.54) is 4.90 Å². The number of likely N-dealkylation sites (tertiary alicyclic amines) is 1. The topological polar surface area (TPSA) is 91.8 Å². The molecule has 234 valence electrons. The first-order chi connectivity index (χ1) is 19.7. The zero-order chi connectivity index (χ0) is 31.9. The lowest BCUT2D eigenvalue weighted by molar-refractivity contribution is -0.348. The van der Waals surface area contributed by atoms with Crippen LogP contribution in [0, 0.1) is 16.6 Å². The number of nitrogens with zero attached hydrogens (tertiary/aromatic N) is 1. The molecule has 3 aliphatic rings. The van der Waals surface area contributed by atoms with E-state index < -0.39 is 78.1 Å². The van der Waals surface area contributed by atoms with Gasteiger partial charge in [0.2, 0.25) is 5.91 Å². The molecule has 0 aromatic heterocycles. The molecule has 0 radical (unpaired) electrons. The zero-order valence-corrected chi connectivity index (χ0v) is 23.1. The van der Waals surface area contributed by atoms with Gasteiger partial charge in [0.1, 0.15) is 10.6 Å². The summed E-state index contributed by atoms with van der Waals surface area (Å²) in [6, 6.07) is 5.36. The smallest absolute Gasteiger partial charge is 0.435 e. The third-order valence-corrected chi connectivity index (χ3v) is 12.0. The Kier molecular flexibility index (Phi) is 6.99. The summed E-state index contributed by atoms with van der Waals surface area (Å²) < 4.78 is 134. The Labute approximate surface area is 240 Å². The largest absolute Gasteiger partial charge is 0.481 e. The molecule has 1 N–H and O–H groups in total. The SMILES string of the molecule is O=C(O)C12CCC(C(=O)N3CC[C@](c4ccc(C(F)(C(F)(F)F)C(F)(F)F)cc4)(S(=O)(=O)c4ccc(F)cc4)C3)(CC1)C2. The van der Waals surface area contributed by atoms with Gasteiger partial charge < -0.3 is 10.0 Å². The van der Waals surface area contributed by atoms with Crippen molar-refractivity contribution in [2.75, 3.05) is 13.1 Å². The Morgan fingerprint density at radius 1 is 0.767 bits per heavy atom. The first kappa shape index (κ1) is 31.2. The van der Waals surface area contributed by atoms with Crippen molar-refractivity contribution in [3.8, 4) is 0 Å². The van der Waals surface area contributed by atoms with E-state index in [4.69, 9.17) is 0 Å². The summed E-state index contributed by atoms with van der Waals surface area (Å²) in [6.45, 7) is -0.743. The highest BCUT2D eigenvalue weighted by atomic mass is 32.2. The van der Waals surface area contributed by atoms with E-state index in [0.717, 1.165) is 24.3 Å². The number of carboxylic acids is 1. The average molecular weight is 640 g/mol. The Balaban J connectivity index is 1.57. The minimum atomic E-state index is -6.38. The van der Waals surface area contributed by atoms with Gasteiger partial charge in [0, 0.05) is 18.7 Å². The molecule has 43 heavy (non-hydrogen) atoms. The molecule has 2 aliphatic carbocycles. The van der Waals surface area contributed by atoms with Crippen LogP contribution in [0.3, 0.4) is 0 Å². The predicted octanol–water partition coefficient (Wildman–Crippen LogP) is 6.05. The van der Waals surface area contributed by atoms with E-state index in [-0.39, 0.29) is 62.8 Å². The number of carbonyl (C=O) groups excluding carboxylic acids is 1. The summed E-state index contributed by atoms with van der Waals surface area (Å²) in [7, 11) is -4.60. The second-order valence-corrected chi connectivity index (χ2v) is 14.0. The lowest BCUT2D eigenvalue weighted by atomic mass is 9.81. The van der Waals surface area contributed by atoms with Crippen LogP contribution in [-0.4, -0.2) is 55.7 Å². The van der Waals surface area contributed by atoms with E-state index in [1.54, 1.807) is 0 Å². The number of benzene rings is 2. The van der Waals surface area contributed by atoms with Crippen LogP contribution < -0.4 is 0 Å². The summed E-state index contributed by atoms with van der Waals surface area (Å²) >= 11 is 0. The Morgan fingerprint density at radius 2 is 1.28 bits per heavy atom. The van der Waals surface area contributed by atoms with Gasteiger partial charge in [0.25, 0.3) is 0 Å². The van der Waals surface area contributed by atoms with E-state index in [9.17, 15) is 58.2 Å². The molecule has 1 atom stereocenters. The number of hydrogen-bond acceptors (Lipinski definition) is 4. The second-order valence-electron chi connectivity index (χ2n) is 11.7. The van der Waals surface area contributed by atoms with Crippen LogP contribution in [0.15, 0.2) is 53.4 Å². The molecule has 1 aliphatic heterocycles. The molecular formula is C28H25F8NO5S. The third kappa shape index (κ3) is 4.43. The Hall–Kier alpha value is -3.23. The fourth-order valence-corrected chi connectivity index (χ4v) is 9.10. The van der Waals surface area contributed by atoms with Crippen LogP contribution >= 0.6 is 0 Å². The van der Waals surface area contributed by atoms with Crippen molar-refractivity contribution in [1.82, 2.24) is 4.90 Å². The van der Waals surface area contributed by atoms with Gasteiger partial charge in [-0.2, -0.15) is 26.3 Å². The van der Waals surface area contributed by atoms with Gasteiger partial charge in [-0.15, -0.1) is 0 Å². The van der Waals surface area contributed by atoms with E-state index in [1.807, 2.05) is 0 Å². The van der Waals surface area contributed by atoms with Crippen LogP contribution in [-0.2, 0) is 29.8 Å². The van der Waals surface area contributed by atoms with E-state index >= 15 is 0 Å². The van der Waals surface area contributed by atoms with Crippen molar-refractivity contribution in [3.63, 3.8) is 0 Å². The lowest BCUT2D eigenvalue weighted by Crippen LogP contribution is -2.50. The number of carbonyl (C=O) groups is 2. The standard InChI is InChI=1S/C28H25F8NO5S/c29-19-5-7-20(8-6-19)43(41,42)25(17-1-3-18(4-2-17)26(30,27(31,32)33)28(34,35)36)13-14-37(16-25)21(38)23-9-11-24(15-23,12-10-23)22(39)40/h1-8H,9-16H2,(H,39,40)/t23?,24?,25-/m0/s1. The third-order valence-electron chi connectivity index (χ3n) is 9.50. The number of halogens is 8. The first-order valence-electron chi connectivity index (χ1n) is 13.2. The molecule has 2 aromatic rings. The van der Waals surface area contributed by atoms with Gasteiger partial charge in [-0.1, -0.05) is 24.3 Å². The molecule has 5 rings (SSSR count). The number of hydrogen-bond donors (Lipinski definition) is 1. The van der Waals surface area contributed by atoms with Crippen molar-refractivity contribution in [1.29, 1.82) is 0 Å². The van der Waals surface area contributed by atoms with Crippen molar-refractivity contribution in [3.05, 3.63) is 65.5 Å². The summed E-state index contributed by atoms with van der Waals surface area (Å²) in [5, 5.41) is 9.72.